The summed E-state index contributed by atoms with van der Waals surface area (Å²) in [6.45, 7) is 0. The standard InChI is InChI=1S/C13H10F3NO2/c14-13(15,16)19-11-5-3-9(4-6-11)12(18)10-2-1-7-17-8-10/h1-8,12,18H. The number of alkyl halides is 3. The van der Waals surface area contributed by atoms with E-state index in [0.717, 1.165) is 12.1 Å². The van der Waals surface area contributed by atoms with E-state index < -0.39 is 12.5 Å². The second-order valence-corrected chi connectivity index (χ2v) is 3.81. The van der Waals surface area contributed by atoms with E-state index in [1.807, 2.05) is 0 Å². The van der Waals surface area contributed by atoms with Gasteiger partial charge in [0.1, 0.15) is 11.9 Å². The number of benzene rings is 1. The number of halogens is 3. The van der Waals surface area contributed by atoms with Crippen molar-refractivity contribution in [1.29, 1.82) is 0 Å². The summed E-state index contributed by atoms with van der Waals surface area (Å²) in [5, 5.41) is 10.0. The van der Waals surface area contributed by atoms with E-state index in [4.69, 9.17) is 0 Å². The van der Waals surface area contributed by atoms with E-state index in [1.54, 1.807) is 18.3 Å². The summed E-state index contributed by atoms with van der Waals surface area (Å²) in [5.41, 5.74) is 1.02. The maximum absolute atomic E-state index is 12.0. The molecule has 0 fully saturated rings. The zero-order valence-corrected chi connectivity index (χ0v) is 9.63. The highest BCUT2D eigenvalue weighted by Crippen LogP contribution is 2.26. The molecular formula is C13H10F3NO2. The van der Waals surface area contributed by atoms with E-state index >= 15 is 0 Å². The lowest BCUT2D eigenvalue weighted by Gasteiger charge is -2.12. The molecule has 0 spiro atoms. The maximum atomic E-state index is 12.0. The van der Waals surface area contributed by atoms with Crippen molar-refractivity contribution in [2.24, 2.45) is 0 Å². The monoisotopic (exact) mass is 269 g/mol. The number of aromatic nitrogens is 1. The molecule has 2 rings (SSSR count). The van der Waals surface area contributed by atoms with Crippen LogP contribution in [0.3, 0.4) is 0 Å². The van der Waals surface area contributed by atoms with Gasteiger partial charge >= 0.3 is 6.36 Å². The number of aliphatic hydroxyl groups excluding tert-OH is 1. The van der Waals surface area contributed by atoms with Gasteiger partial charge in [0.15, 0.2) is 0 Å². The van der Waals surface area contributed by atoms with Crippen LogP contribution in [-0.2, 0) is 0 Å². The Labute approximate surface area is 107 Å². The molecule has 0 saturated heterocycles. The van der Waals surface area contributed by atoms with E-state index in [0.29, 0.717) is 11.1 Å². The van der Waals surface area contributed by atoms with Crippen molar-refractivity contribution >= 4 is 0 Å². The topological polar surface area (TPSA) is 42.4 Å². The van der Waals surface area contributed by atoms with Crippen molar-refractivity contribution in [2.45, 2.75) is 12.5 Å². The Morgan fingerprint density at radius 3 is 2.26 bits per heavy atom. The molecule has 0 bridgehead atoms. The largest absolute Gasteiger partial charge is 0.573 e. The summed E-state index contributed by atoms with van der Waals surface area (Å²) >= 11 is 0. The molecule has 1 aromatic carbocycles. The van der Waals surface area contributed by atoms with Gasteiger partial charge in [-0.1, -0.05) is 18.2 Å². The zero-order valence-electron chi connectivity index (χ0n) is 9.63. The second-order valence-electron chi connectivity index (χ2n) is 3.81. The second kappa shape index (κ2) is 5.27. The molecule has 1 aromatic heterocycles. The number of rotatable bonds is 3. The zero-order chi connectivity index (χ0) is 13.9. The van der Waals surface area contributed by atoms with Crippen LogP contribution >= 0.6 is 0 Å². The first-order chi connectivity index (χ1) is 8.96. The average Bonchev–Trinajstić information content (AvgIpc) is 2.38. The molecule has 1 unspecified atom stereocenters. The molecule has 0 amide bonds. The lowest BCUT2D eigenvalue weighted by molar-refractivity contribution is -0.274. The smallest absolute Gasteiger partial charge is 0.406 e. The number of hydrogen-bond donors (Lipinski definition) is 1. The first-order valence-corrected chi connectivity index (χ1v) is 5.39. The number of pyridine rings is 1. The highest BCUT2D eigenvalue weighted by Gasteiger charge is 2.31. The van der Waals surface area contributed by atoms with Crippen LogP contribution in [0.5, 0.6) is 5.75 Å². The molecule has 3 nitrogen and oxygen atoms in total. The average molecular weight is 269 g/mol. The highest BCUT2D eigenvalue weighted by atomic mass is 19.4. The lowest BCUT2D eigenvalue weighted by Crippen LogP contribution is -2.17. The molecular weight excluding hydrogens is 259 g/mol. The molecule has 1 atom stereocenters. The number of aliphatic hydroxyl groups is 1. The fraction of sp³-hybridized carbons (Fsp3) is 0.154. The minimum atomic E-state index is -4.72. The van der Waals surface area contributed by atoms with Crippen LogP contribution in [0.25, 0.3) is 0 Å². The van der Waals surface area contributed by atoms with Gasteiger partial charge in [-0.25, -0.2) is 0 Å². The summed E-state index contributed by atoms with van der Waals surface area (Å²) in [7, 11) is 0. The Balaban J connectivity index is 2.15. The number of nitrogens with zero attached hydrogens (tertiary/aromatic N) is 1. The van der Waals surface area contributed by atoms with Crippen molar-refractivity contribution in [1.82, 2.24) is 4.98 Å². The normalized spacial score (nSPS) is 13.1. The molecule has 2 aromatic rings. The van der Waals surface area contributed by atoms with Crippen molar-refractivity contribution in [3.63, 3.8) is 0 Å². The summed E-state index contributed by atoms with van der Waals surface area (Å²) < 4.78 is 39.7. The van der Waals surface area contributed by atoms with Crippen LogP contribution in [-0.4, -0.2) is 16.5 Å². The highest BCUT2D eigenvalue weighted by molar-refractivity contribution is 5.33. The van der Waals surface area contributed by atoms with Gasteiger partial charge in [0.05, 0.1) is 0 Å². The van der Waals surface area contributed by atoms with Gasteiger partial charge in [-0.2, -0.15) is 0 Å². The lowest BCUT2D eigenvalue weighted by atomic mass is 10.0. The molecule has 0 saturated carbocycles. The van der Waals surface area contributed by atoms with Crippen LogP contribution in [0.2, 0.25) is 0 Å². The van der Waals surface area contributed by atoms with E-state index in [2.05, 4.69) is 9.72 Å². The molecule has 6 heteroatoms. The van der Waals surface area contributed by atoms with E-state index in [9.17, 15) is 18.3 Å². The third kappa shape index (κ3) is 3.69. The quantitative estimate of drug-likeness (QED) is 0.931. The van der Waals surface area contributed by atoms with Gasteiger partial charge in [-0.3, -0.25) is 4.98 Å². The summed E-state index contributed by atoms with van der Waals surface area (Å²) in [6.07, 6.45) is -2.60. The minimum Gasteiger partial charge on any atom is -0.406 e. The fourth-order valence-corrected chi connectivity index (χ4v) is 1.58. The number of hydrogen-bond acceptors (Lipinski definition) is 3. The van der Waals surface area contributed by atoms with E-state index in [1.165, 1.54) is 18.3 Å². The molecule has 0 aliphatic carbocycles. The Hall–Kier alpha value is -2.08. The Kier molecular flexibility index (Phi) is 3.71. The Morgan fingerprint density at radius 2 is 1.74 bits per heavy atom. The SMILES string of the molecule is OC(c1ccc(OC(F)(F)F)cc1)c1cccnc1. The van der Waals surface area contributed by atoms with Gasteiger partial charge in [0.2, 0.25) is 0 Å². The van der Waals surface area contributed by atoms with Crippen molar-refractivity contribution in [2.75, 3.05) is 0 Å². The third-order valence-corrected chi connectivity index (χ3v) is 2.43. The maximum Gasteiger partial charge on any atom is 0.573 e. The predicted molar refractivity (Wildman–Crippen MR) is 61.4 cm³/mol. The van der Waals surface area contributed by atoms with E-state index in [-0.39, 0.29) is 5.75 Å². The van der Waals surface area contributed by atoms with Crippen molar-refractivity contribution in [3.8, 4) is 5.75 Å². The van der Waals surface area contributed by atoms with Gasteiger partial charge in [0, 0.05) is 18.0 Å². The summed E-state index contributed by atoms with van der Waals surface area (Å²) in [4.78, 5) is 3.86. The van der Waals surface area contributed by atoms with Crippen LogP contribution < -0.4 is 4.74 Å². The molecule has 100 valence electrons. The van der Waals surface area contributed by atoms with Crippen molar-refractivity contribution < 1.29 is 23.0 Å². The van der Waals surface area contributed by atoms with Gasteiger partial charge in [-0.05, 0) is 23.8 Å². The minimum absolute atomic E-state index is 0.324. The summed E-state index contributed by atoms with van der Waals surface area (Å²) in [6, 6.07) is 8.40. The molecule has 19 heavy (non-hydrogen) atoms. The Morgan fingerprint density at radius 1 is 1.05 bits per heavy atom. The van der Waals surface area contributed by atoms with Gasteiger partial charge in [0.25, 0.3) is 0 Å². The van der Waals surface area contributed by atoms with Crippen molar-refractivity contribution in [3.05, 3.63) is 59.9 Å². The molecule has 0 aliphatic rings. The predicted octanol–water partition coefficient (Wildman–Crippen LogP) is 3.06. The van der Waals surface area contributed by atoms with Crippen LogP contribution in [0.1, 0.15) is 17.2 Å². The van der Waals surface area contributed by atoms with Crippen LogP contribution in [0.15, 0.2) is 48.8 Å². The molecule has 0 radical (unpaired) electrons. The first-order valence-electron chi connectivity index (χ1n) is 5.39. The third-order valence-electron chi connectivity index (χ3n) is 2.43. The number of ether oxygens (including phenoxy) is 1. The van der Waals surface area contributed by atoms with Gasteiger partial charge < -0.3 is 9.84 Å². The van der Waals surface area contributed by atoms with Gasteiger partial charge in [-0.15, -0.1) is 13.2 Å². The molecule has 1 N–H and O–H groups in total. The molecule has 1 heterocycles. The van der Waals surface area contributed by atoms with Crippen LogP contribution in [0, 0.1) is 0 Å². The molecule has 0 aliphatic heterocycles. The fourth-order valence-electron chi connectivity index (χ4n) is 1.58. The van der Waals surface area contributed by atoms with Crippen LogP contribution in [0.4, 0.5) is 13.2 Å². The Bertz CT molecular complexity index is 526. The summed E-state index contributed by atoms with van der Waals surface area (Å²) in [5.74, 6) is -0.324. The first kappa shape index (κ1) is 13.4.